The molecule has 0 bridgehead atoms. The summed E-state index contributed by atoms with van der Waals surface area (Å²) in [6.45, 7) is 1.45. The van der Waals surface area contributed by atoms with E-state index in [0.29, 0.717) is 22.8 Å². The van der Waals surface area contributed by atoms with E-state index in [1.54, 1.807) is 16.9 Å². The Hall–Kier alpha value is -3.12. The van der Waals surface area contributed by atoms with Gasteiger partial charge in [0.15, 0.2) is 0 Å². The second-order valence-electron chi connectivity index (χ2n) is 6.49. The number of rotatable bonds is 3. The number of fused-ring (bicyclic) bond motifs is 1. The second kappa shape index (κ2) is 6.89. The molecular formula is C20H17ClN4O2. The van der Waals surface area contributed by atoms with Gasteiger partial charge in [-0.15, -0.1) is 0 Å². The first kappa shape index (κ1) is 17.3. The molecule has 0 spiro atoms. The van der Waals surface area contributed by atoms with Crippen molar-refractivity contribution < 1.29 is 9.59 Å². The smallest absolute Gasteiger partial charge is 0.225 e. The van der Waals surface area contributed by atoms with Crippen molar-refractivity contribution in [2.24, 2.45) is 0 Å². The molecule has 2 amide bonds. The molecule has 2 N–H and O–H groups in total. The number of anilines is 2. The Kier molecular flexibility index (Phi) is 4.41. The Morgan fingerprint density at radius 3 is 2.93 bits per heavy atom. The summed E-state index contributed by atoms with van der Waals surface area (Å²) in [7, 11) is 0. The van der Waals surface area contributed by atoms with Crippen LogP contribution in [0, 0.1) is 0 Å². The summed E-state index contributed by atoms with van der Waals surface area (Å²) in [5.74, 6) is -0.326. The Morgan fingerprint density at radius 1 is 1.30 bits per heavy atom. The third kappa shape index (κ3) is 3.57. The molecule has 136 valence electrons. The monoisotopic (exact) mass is 380 g/mol. The van der Waals surface area contributed by atoms with Crippen LogP contribution in [0.15, 0.2) is 54.9 Å². The van der Waals surface area contributed by atoms with Gasteiger partial charge in [-0.3, -0.25) is 9.59 Å². The highest BCUT2D eigenvalue weighted by Crippen LogP contribution is 2.38. The highest BCUT2D eigenvalue weighted by Gasteiger charge is 2.27. The topological polar surface area (TPSA) is 76.0 Å². The van der Waals surface area contributed by atoms with Gasteiger partial charge in [-0.05, 0) is 41.5 Å². The summed E-state index contributed by atoms with van der Waals surface area (Å²) in [5.41, 5.74) is 4.15. The number of nitrogens with zero attached hydrogens (tertiary/aromatic N) is 2. The molecule has 27 heavy (non-hydrogen) atoms. The van der Waals surface area contributed by atoms with Gasteiger partial charge >= 0.3 is 0 Å². The summed E-state index contributed by atoms with van der Waals surface area (Å²) in [6, 6.07) is 13.0. The zero-order valence-corrected chi connectivity index (χ0v) is 15.3. The Bertz CT molecular complexity index is 1040. The van der Waals surface area contributed by atoms with Crippen LogP contribution < -0.4 is 10.6 Å². The van der Waals surface area contributed by atoms with Crippen molar-refractivity contribution in [3.05, 3.63) is 71.0 Å². The van der Waals surface area contributed by atoms with E-state index >= 15 is 0 Å². The number of halogens is 1. The van der Waals surface area contributed by atoms with Gasteiger partial charge in [-0.25, -0.2) is 4.68 Å². The summed E-state index contributed by atoms with van der Waals surface area (Å²) in [4.78, 5) is 23.5. The number of carbonyl (C=O) groups excluding carboxylic acids is 2. The number of aromatic nitrogens is 2. The first-order valence-corrected chi connectivity index (χ1v) is 8.89. The summed E-state index contributed by atoms with van der Waals surface area (Å²) >= 11 is 6.06. The van der Waals surface area contributed by atoms with Gasteiger partial charge in [0.2, 0.25) is 11.8 Å². The number of amides is 2. The van der Waals surface area contributed by atoms with Crippen molar-refractivity contribution in [2.75, 3.05) is 10.6 Å². The van der Waals surface area contributed by atoms with Crippen LogP contribution in [0.1, 0.15) is 30.4 Å². The molecule has 1 aliphatic heterocycles. The van der Waals surface area contributed by atoms with Crippen LogP contribution in [0.4, 0.5) is 11.4 Å². The van der Waals surface area contributed by atoms with E-state index < -0.39 is 0 Å². The van der Waals surface area contributed by atoms with Crippen LogP contribution in [-0.4, -0.2) is 21.6 Å². The van der Waals surface area contributed by atoms with E-state index in [1.165, 1.54) is 6.92 Å². The third-order valence-corrected chi connectivity index (χ3v) is 4.73. The molecule has 7 heteroatoms. The van der Waals surface area contributed by atoms with E-state index in [9.17, 15) is 9.59 Å². The SMILES string of the molecule is CC(=O)Nc1ccc2c(c1)NC(=O)CC2c1cnn(-c2cccc(Cl)c2)c1. The van der Waals surface area contributed by atoms with E-state index in [-0.39, 0.29) is 17.7 Å². The first-order valence-electron chi connectivity index (χ1n) is 8.51. The number of benzene rings is 2. The van der Waals surface area contributed by atoms with Gasteiger partial charge in [0.05, 0.1) is 11.9 Å². The molecule has 1 aliphatic rings. The molecule has 2 aromatic carbocycles. The highest BCUT2D eigenvalue weighted by molar-refractivity contribution is 6.30. The van der Waals surface area contributed by atoms with E-state index in [0.717, 1.165) is 16.8 Å². The lowest BCUT2D eigenvalue weighted by Gasteiger charge is -2.25. The van der Waals surface area contributed by atoms with Crippen LogP contribution in [-0.2, 0) is 9.59 Å². The third-order valence-electron chi connectivity index (χ3n) is 4.49. The first-order chi connectivity index (χ1) is 13.0. The van der Waals surface area contributed by atoms with Crippen LogP contribution in [0.3, 0.4) is 0 Å². The van der Waals surface area contributed by atoms with Crippen molar-refractivity contribution >= 4 is 34.8 Å². The zero-order chi connectivity index (χ0) is 19.0. The maximum Gasteiger partial charge on any atom is 0.225 e. The lowest BCUT2D eigenvalue weighted by molar-refractivity contribution is -0.116. The maximum atomic E-state index is 12.2. The lowest BCUT2D eigenvalue weighted by Crippen LogP contribution is -2.23. The van der Waals surface area contributed by atoms with Crippen LogP contribution in [0.5, 0.6) is 0 Å². The quantitative estimate of drug-likeness (QED) is 0.722. The largest absolute Gasteiger partial charge is 0.326 e. The van der Waals surface area contributed by atoms with E-state index in [2.05, 4.69) is 15.7 Å². The standard InChI is InChI=1S/C20H17ClN4O2/c1-12(26)23-15-5-6-17-18(9-20(27)24-19(17)8-15)13-10-22-25(11-13)16-4-2-3-14(21)7-16/h2-8,10-11,18H,9H2,1H3,(H,23,26)(H,24,27). The zero-order valence-electron chi connectivity index (χ0n) is 14.6. The molecule has 3 aromatic rings. The van der Waals surface area contributed by atoms with Gasteiger partial charge in [-0.1, -0.05) is 23.7 Å². The molecule has 0 radical (unpaired) electrons. The predicted octanol–water partition coefficient (Wildman–Crippen LogP) is 3.96. The van der Waals surface area contributed by atoms with Crippen LogP contribution in [0.25, 0.3) is 5.69 Å². The Morgan fingerprint density at radius 2 is 2.15 bits per heavy atom. The van der Waals surface area contributed by atoms with Gasteiger partial charge in [0.1, 0.15) is 0 Å². The Balaban J connectivity index is 1.69. The van der Waals surface area contributed by atoms with Gasteiger partial charge < -0.3 is 10.6 Å². The molecule has 0 fully saturated rings. The average Bonchev–Trinajstić information content (AvgIpc) is 3.10. The lowest BCUT2D eigenvalue weighted by atomic mass is 9.86. The molecule has 4 rings (SSSR count). The summed E-state index contributed by atoms with van der Waals surface area (Å²) in [6.07, 6.45) is 4.03. The molecule has 1 atom stereocenters. The van der Waals surface area contributed by atoms with Crippen molar-refractivity contribution in [3.8, 4) is 5.69 Å². The maximum absolute atomic E-state index is 12.2. The number of hydrogen-bond acceptors (Lipinski definition) is 3. The highest BCUT2D eigenvalue weighted by atomic mass is 35.5. The molecule has 1 aromatic heterocycles. The average molecular weight is 381 g/mol. The predicted molar refractivity (Wildman–Crippen MR) is 104 cm³/mol. The number of nitrogens with one attached hydrogen (secondary N) is 2. The van der Waals surface area contributed by atoms with Crippen molar-refractivity contribution in [1.82, 2.24) is 9.78 Å². The number of carbonyl (C=O) groups is 2. The van der Waals surface area contributed by atoms with Gasteiger partial charge in [-0.2, -0.15) is 5.10 Å². The Labute approximate surface area is 161 Å². The molecule has 0 saturated heterocycles. The fraction of sp³-hybridized carbons (Fsp3) is 0.150. The minimum Gasteiger partial charge on any atom is -0.326 e. The second-order valence-corrected chi connectivity index (χ2v) is 6.92. The molecule has 2 heterocycles. The summed E-state index contributed by atoms with van der Waals surface area (Å²) < 4.78 is 1.75. The van der Waals surface area contributed by atoms with Crippen molar-refractivity contribution in [2.45, 2.75) is 19.3 Å². The molecule has 1 unspecified atom stereocenters. The van der Waals surface area contributed by atoms with Crippen molar-refractivity contribution in [1.29, 1.82) is 0 Å². The molecule has 6 nitrogen and oxygen atoms in total. The minimum atomic E-state index is -0.156. The summed E-state index contributed by atoms with van der Waals surface area (Å²) in [5, 5.41) is 10.7. The molecule has 0 aliphatic carbocycles. The van der Waals surface area contributed by atoms with Crippen molar-refractivity contribution in [3.63, 3.8) is 0 Å². The van der Waals surface area contributed by atoms with E-state index in [1.807, 2.05) is 42.6 Å². The minimum absolute atomic E-state index is 0.0667. The van der Waals surface area contributed by atoms with E-state index in [4.69, 9.17) is 11.6 Å². The molecule has 0 saturated carbocycles. The van der Waals surface area contributed by atoms with Gasteiger partial charge in [0.25, 0.3) is 0 Å². The fourth-order valence-corrected chi connectivity index (χ4v) is 3.50. The van der Waals surface area contributed by atoms with Crippen LogP contribution >= 0.6 is 11.6 Å². The fourth-order valence-electron chi connectivity index (χ4n) is 3.32. The normalized spacial score (nSPS) is 15.8. The van der Waals surface area contributed by atoms with Gasteiger partial charge in [0, 0.05) is 41.9 Å². The van der Waals surface area contributed by atoms with Crippen LogP contribution in [0.2, 0.25) is 5.02 Å². The number of hydrogen-bond donors (Lipinski definition) is 2. The molecular weight excluding hydrogens is 364 g/mol.